The van der Waals surface area contributed by atoms with Gasteiger partial charge in [0.05, 0.1) is 0 Å². The highest BCUT2D eigenvalue weighted by atomic mass is 14.9. The SMILES string of the molecule is CC1(C)c2ccccc2-c2ccc(-c3cnc(-c4c5ccccc5c5c6c(cccc46)-c4ccccc4-5)nc3)cc21. The highest BCUT2D eigenvalue weighted by molar-refractivity contribution is 6.28. The van der Waals surface area contributed by atoms with Gasteiger partial charge in [0.2, 0.25) is 0 Å². The van der Waals surface area contributed by atoms with Crippen molar-refractivity contribution in [1.82, 2.24) is 9.97 Å². The average Bonchev–Trinajstić information content (AvgIpc) is 3.48. The quantitative estimate of drug-likeness (QED) is 0.211. The Morgan fingerprint density at radius 2 is 1.07 bits per heavy atom. The Bertz CT molecular complexity index is 2220. The van der Waals surface area contributed by atoms with Crippen LogP contribution in [-0.2, 0) is 5.41 Å². The monoisotopic (exact) mass is 522 g/mol. The first-order valence-corrected chi connectivity index (χ1v) is 14.3. The maximum absolute atomic E-state index is 5.01. The van der Waals surface area contributed by atoms with Crippen molar-refractivity contribution < 1.29 is 0 Å². The molecule has 6 aromatic carbocycles. The summed E-state index contributed by atoms with van der Waals surface area (Å²) in [7, 11) is 0. The van der Waals surface area contributed by atoms with Crippen LogP contribution in [0.4, 0.5) is 0 Å². The third kappa shape index (κ3) is 2.97. The first kappa shape index (κ1) is 22.7. The number of hydrogen-bond donors (Lipinski definition) is 0. The summed E-state index contributed by atoms with van der Waals surface area (Å²) < 4.78 is 0. The molecule has 192 valence electrons. The van der Waals surface area contributed by atoms with E-state index >= 15 is 0 Å². The van der Waals surface area contributed by atoms with Gasteiger partial charge in [-0.15, -0.1) is 0 Å². The van der Waals surface area contributed by atoms with Crippen LogP contribution in [0.2, 0.25) is 0 Å². The summed E-state index contributed by atoms with van der Waals surface area (Å²) in [6.45, 7) is 4.64. The number of aromatic nitrogens is 2. The van der Waals surface area contributed by atoms with E-state index in [0.29, 0.717) is 0 Å². The average molecular weight is 523 g/mol. The van der Waals surface area contributed by atoms with E-state index in [1.807, 2.05) is 12.4 Å². The molecule has 0 saturated heterocycles. The maximum Gasteiger partial charge on any atom is 0.160 e. The fourth-order valence-corrected chi connectivity index (χ4v) is 7.40. The Morgan fingerprint density at radius 3 is 1.88 bits per heavy atom. The fraction of sp³-hybridized carbons (Fsp3) is 0.0769. The molecule has 0 bridgehead atoms. The largest absolute Gasteiger partial charge is 0.236 e. The summed E-state index contributed by atoms with van der Waals surface area (Å²) in [5, 5.41) is 4.95. The molecule has 0 amide bonds. The molecule has 2 heteroatoms. The van der Waals surface area contributed by atoms with Crippen LogP contribution >= 0.6 is 0 Å². The molecule has 0 fully saturated rings. The van der Waals surface area contributed by atoms with E-state index in [1.165, 1.54) is 66.1 Å². The van der Waals surface area contributed by atoms with Crippen LogP contribution in [0.25, 0.3) is 77.4 Å². The van der Waals surface area contributed by atoms with Gasteiger partial charge in [0.25, 0.3) is 0 Å². The van der Waals surface area contributed by atoms with Crippen LogP contribution in [0.5, 0.6) is 0 Å². The minimum absolute atomic E-state index is 0.0378. The van der Waals surface area contributed by atoms with Crippen molar-refractivity contribution in [3.05, 3.63) is 133 Å². The van der Waals surface area contributed by atoms with Crippen molar-refractivity contribution in [1.29, 1.82) is 0 Å². The first-order chi connectivity index (χ1) is 20.1. The topological polar surface area (TPSA) is 25.8 Å². The molecule has 0 saturated carbocycles. The van der Waals surface area contributed by atoms with Crippen molar-refractivity contribution in [3.63, 3.8) is 0 Å². The van der Waals surface area contributed by atoms with Gasteiger partial charge >= 0.3 is 0 Å². The molecule has 2 aliphatic carbocycles. The summed E-state index contributed by atoms with van der Waals surface area (Å²) in [4.78, 5) is 10.0. The molecule has 9 rings (SSSR count). The van der Waals surface area contributed by atoms with E-state index in [-0.39, 0.29) is 5.41 Å². The van der Waals surface area contributed by atoms with Crippen LogP contribution in [0.3, 0.4) is 0 Å². The molecule has 0 N–H and O–H groups in total. The predicted octanol–water partition coefficient (Wildman–Crippen LogP) is 10.1. The summed E-state index contributed by atoms with van der Waals surface area (Å²) >= 11 is 0. The number of rotatable bonds is 2. The molecular weight excluding hydrogens is 496 g/mol. The zero-order chi connectivity index (χ0) is 27.3. The van der Waals surface area contributed by atoms with Crippen LogP contribution in [0, 0.1) is 0 Å². The fourth-order valence-electron chi connectivity index (χ4n) is 7.40. The van der Waals surface area contributed by atoms with Gasteiger partial charge in [0, 0.05) is 28.9 Å². The zero-order valence-electron chi connectivity index (χ0n) is 22.9. The number of hydrogen-bond acceptors (Lipinski definition) is 2. The molecule has 0 aliphatic heterocycles. The minimum atomic E-state index is -0.0378. The molecule has 0 radical (unpaired) electrons. The Hall–Kier alpha value is -5.08. The predicted molar refractivity (Wildman–Crippen MR) is 170 cm³/mol. The number of benzene rings is 6. The van der Waals surface area contributed by atoms with Crippen molar-refractivity contribution >= 4 is 21.5 Å². The summed E-state index contributed by atoms with van der Waals surface area (Å²) in [6.07, 6.45) is 3.98. The van der Waals surface area contributed by atoms with Gasteiger partial charge < -0.3 is 0 Å². The molecule has 41 heavy (non-hydrogen) atoms. The van der Waals surface area contributed by atoms with Crippen molar-refractivity contribution in [2.75, 3.05) is 0 Å². The van der Waals surface area contributed by atoms with E-state index in [2.05, 4.69) is 123 Å². The molecule has 2 nitrogen and oxygen atoms in total. The van der Waals surface area contributed by atoms with Crippen LogP contribution in [0.1, 0.15) is 25.0 Å². The molecule has 7 aromatic rings. The van der Waals surface area contributed by atoms with E-state index in [4.69, 9.17) is 9.97 Å². The second-order valence-corrected chi connectivity index (χ2v) is 11.8. The Morgan fingerprint density at radius 1 is 0.463 bits per heavy atom. The Kier molecular flexibility index (Phi) is 4.42. The number of nitrogens with zero attached hydrogens (tertiary/aromatic N) is 2. The Balaban J connectivity index is 1.21. The van der Waals surface area contributed by atoms with Crippen molar-refractivity contribution in [3.8, 4) is 55.9 Å². The Labute approximate surface area is 239 Å². The zero-order valence-corrected chi connectivity index (χ0v) is 22.9. The molecule has 1 heterocycles. The van der Waals surface area contributed by atoms with Gasteiger partial charge in [0.1, 0.15) is 0 Å². The molecular formula is C39H26N2. The van der Waals surface area contributed by atoms with Gasteiger partial charge in [-0.25, -0.2) is 9.97 Å². The van der Waals surface area contributed by atoms with E-state index in [1.54, 1.807) is 0 Å². The third-order valence-corrected chi connectivity index (χ3v) is 9.33. The summed E-state index contributed by atoms with van der Waals surface area (Å²) in [5.41, 5.74) is 13.9. The summed E-state index contributed by atoms with van der Waals surface area (Å²) in [6, 6.07) is 39.7. The van der Waals surface area contributed by atoms with Crippen LogP contribution in [-0.4, -0.2) is 9.97 Å². The second-order valence-electron chi connectivity index (χ2n) is 11.8. The lowest BCUT2D eigenvalue weighted by atomic mass is 9.82. The van der Waals surface area contributed by atoms with Crippen molar-refractivity contribution in [2.24, 2.45) is 0 Å². The normalized spacial score (nSPS) is 13.8. The first-order valence-electron chi connectivity index (χ1n) is 14.3. The van der Waals surface area contributed by atoms with Crippen LogP contribution < -0.4 is 0 Å². The molecule has 0 unspecified atom stereocenters. The van der Waals surface area contributed by atoms with Crippen molar-refractivity contribution in [2.45, 2.75) is 19.3 Å². The molecule has 1 aromatic heterocycles. The summed E-state index contributed by atoms with van der Waals surface area (Å²) in [5.74, 6) is 0.763. The van der Waals surface area contributed by atoms with Gasteiger partial charge in [-0.3, -0.25) is 0 Å². The number of fused-ring (bicyclic) bond motifs is 8. The second kappa shape index (κ2) is 7.99. The van der Waals surface area contributed by atoms with Gasteiger partial charge in [-0.2, -0.15) is 0 Å². The highest BCUT2D eigenvalue weighted by Crippen LogP contribution is 2.53. The lowest BCUT2D eigenvalue weighted by Crippen LogP contribution is -2.14. The van der Waals surface area contributed by atoms with E-state index in [0.717, 1.165) is 22.5 Å². The van der Waals surface area contributed by atoms with E-state index in [9.17, 15) is 0 Å². The van der Waals surface area contributed by atoms with Gasteiger partial charge in [-0.05, 0) is 77.7 Å². The lowest BCUT2D eigenvalue weighted by Gasteiger charge is -2.22. The smallest absolute Gasteiger partial charge is 0.160 e. The van der Waals surface area contributed by atoms with Crippen LogP contribution in [0.15, 0.2) is 122 Å². The molecule has 2 aliphatic rings. The van der Waals surface area contributed by atoms with Gasteiger partial charge in [0.15, 0.2) is 5.82 Å². The standard InChI is InChI=1S/C39H26N2/c1-39(2)33-17-8-7-11-26(33)27-19-18-23(20-34(27)39)24-21-40-38(41-22-24)37-31-14-6-5-13-30(31)35-28-12-4-3-10-25(28)29-15-9-16-32(37)36(29)35/h3-22H,1-2H3. The lowest BCUT2D eigenvalue weighted by molar-refractivity contribution is 0.660. The third-order valence-electron chi connectivity index (χ3n) is 9.33. The molecule has 0 atom stereocenters. The molecule has 0 spiro atoms. The minimum Gasteiger partial charge on any atom is -0.236 e. The highest BCUT2D eigenvalue weighted by Gasteiger charge is 2.35. The van der Waals surface area contributed by atoms with E-state index < -0.39 is 0 Å². The van der Waals surface area contributed by atoms with Gasteiger partial charge in [-0.1, -0.05) is 117 Å². The maximum atomic E-state index is 5.01.